The Hall–Kier alpha value is -3.36. The van der Waals surface area contributed by atoms with E-state index >= 15 is 0 Å². The van der Waals surface area contributed by atoms with Crippen molar-refractivity contribution in [2.75, 3.05) is 13.1 Å². The fourth-order valence-electron chi connectivity index (χ4n) is 3.38. The Balaban J connectivity index is 1.36. The molecule has 0 aromatic carbocycles. The molecule has 146 valence electrons. The number of hydrogen-bond acceptors (Lipinski definition) is 6. The highest BCUT2D eigenvalue weighted by molar-refractivity contribution is 5.86. The van der Waals surface area contributed by atoms with Crippen molar-refractivity contribution in [3.05, 3.63) is 47.8 Å². The van der Waals surface area contributed by atoms with Gasteiger partial charge >= 0.3 is 5.97 Å². The molecule has 0 bridgehead atoms. The van der Waals surface area contributed by atoms with Gasteiger partial charge in [0.2, 0.25) is 5.91 Å². The van der Waals surface area contributed by atoms with Crippen LogP contribution in [0.25, 0.3) is 11.7 Å². The highest BCUT2D eigenvalue weighted by atomic mass is 16.4. The minimum atomic E-state index is -0.990. The van der Waals surface area contributed by atoms with E-state index in [0.717, 1.165) is 12.8 Å². The number of carboxylic acids is 1. The molecule has 28 heavy (non-hydrogen) atoms. The minimum absolute atomic E-state index is 0.00691. The Labute approximate surface area is 160 Å². The number of furan rings is 1. The van der Waals surface area contributed by atoms with Crippen LogP contribution in [0.4, 0.5) is 0 Å². The number of oxazole rings is 1. The fraction of sp³-hybridized carbons (Fsp3) is 0.368. The van der Waals surface area contributed by atoms with Crippen LogP contribution in [-0.2, 0) is 11.2 Å². The molecule has 4 rings (SSSR count). The van der Waals surface area contributed by atoms with E-state index in [0.29, 0.717) is 36.2 Å². The summed E-state index contributed by atoms with van der Waals surface area (Å²) < 4.78 is 12.6. The van der Waals surface area contributed by atoms with Crippen LogP contribution in [0.3, 0.4) is 0 Å². The van der Waals surface area contributed by atoms with E-state index in [2.05, 4.69) is 10.1 Å². The van der Waals surface area contributed by atoms with E-state index in [1.54, 1.807) is 41.1 Å². The van der Waals surface area contributed by atoms with Crippen LogP contribution >= 0.6 is 0 Å². The quantitative estimate of drug-likeness (QED) is 0.719. The minimum Gasteiger partial charge on any atom is -0.478 e. The second-order valence-corrected chi connectivity index (χ2v) is 6.80. The Morgan fingerprint density at radius 1 is 1.32 bits per heavy atom. The largest absolute Gasteiger partial charge is 0.478 e. The van der Waals surface area contributed by atoms with Crippen molar-refractivity contribution < 1.29 is 23.5 Å². The third-order valence-corrected chi connectivity index (χ3v) is 4.98. The maximum absolute atomic E-state index is 12.7. The van der Waals surface area contributed by atoms with E-state index < -0.39 is 5.97 Å². The molecule has 0 saturated carbocycles. The highest BCUT2D eigenvalue weighted by Crippen LogP contribution is 2.25. The smallest absolute Gasteiger partial charge is 0.338 e. The number of likely N-dealkylation sites (tertiary alicyclic amines) is 1. The van der Waals surface area contributed by atoms with Crippen LogP contribution < -0.4 is 0 Å². The Kier molecular flexibility index (Phi) is 4.72. The Morgan fingerprint density at radius 2 is 2.11 bits per heavy atom. The Bertz CT molecular complexity index is 980. The van der Waals surface area contributed by atoms with Gasteiger partial charge in [0, 0.05) is 19.3 Å². The predicted octanol–water partition coefficient (Wildman–Crippen LogP) is 2.54. The van der Waals surface area contributed by atoms with Crippen molar-refractivity contribution in [1.82, 2.24) is 19.7 Å². The zero-order chi connectivity index (χ0) is 19.7. The van der Waals surface area contributed by atoms with E-state index in [1.807, 2.05) is 0 Å². The second kappa shape index (κ2) is 7.34. The number of rotatable bonds is 5. The summed E-state index contributed by atoms with van der Waals surface area (Å²) >= 11 is 0. The van der Waals surface area contributed by atoms with Crippen LogP contribution in [-0.4, -0.2) is 49.7 Å². The number of aromatic carboxylic acids is 1. The van der Waals surface area contributed by atoms with Gasteiger partial charge in [0.1, 0.15) is 5.76 Å². The lowest BCUT2D eigenvalue weighted by molar-refractivity contribution is -0.131. The van der Waals surface area contributed by atoms with Crippen molar-refractivity contribution in [2.24, 2.45) is 0 Å². The molecule has 1 amide bonds. The molecule has 1 N–H and O–H groups in total. The first kappa shape index (κ1) is 18.0. The molecule has 1 saturated heterocycles. The van der Waals surface area contributed by atoms with Crippen LogP contribution in [0, 0.1) is 6.92 Å². The molecule has 1 aliphatic rings. The molecule has 1 aliphatic heterocycles. The topological polar surface area (TPSA) is 115 Å². The third-order valence-electron chi connectivity index (χ3n) is 4.98. The van der Waals surface area contributed by atoms with Crippen LogP contribution in [0.2, 0.25) is 0 Å². The van der Waals surface area contributed by atoms with E-state index in [1.165, 1.54) is 6.20 Å². The number of carboxylic acid groups (broad SMARTS) is 1. The fourth-order valence-corrected chi connectivity index (χ4v) is 3.38. The number of aromatic nitrogens is 3. The molecular formula is C19H20N4O5. The highest BCUT2D eigenvalue weighted by Gasteiger charge is 2.26. The molecular weight excluding hydrogens is 364 g/mol. The van der Waals surface area contributed by atoms with E-state index in [9.17, 15) is 9.59 Å². The van der Waals surface area contributed by atoms with E-state index in [4.69, 9.17) is 13.9 Å². The lowest BCUT2D eigenvalue weighted by Crippen LogP contribution is -2.40. The van der Waals surface area contributed by atoms with Gasteiger partial charge in [0.25, 0.3) is 5.89 Å². The molecule has 0 unspecified atom stereocenters. The second-order valence-electron chi connectivity index (χ2n) is 6.80. The summed E-state index contributed by atoms with van der Waals surface area (Å²) in [4.78, 5) is 29.9. The third kappa shape index (κ3) is 3.55. The zero-order valence-corrected chi connectivity index (χ0v) is 15.4. The number of piperidine rings is 1. The number of nitrogens with zero attached hydrogens (tertiary/aromatic N) is 4. The Morgan fingerprint density at radius 3 is 2.75 bits per heavy atom. The monoisotopic (exact) mass is 384 g/mol. The average Bonchev–Trinajstić information content (AvgIpc) is 3.43. The van der Waals surface area contributed by atoms with Gasteiger partial charge < -0.3 is 18.8 Å². The molecule has 3 aromatic rings. The first-order chi connectivity index (χ1) is 13.5. The lowest BCUT2D eigenvalue weighted by atomic mass is 10.0. The normalized spacial score (nSPS) is 15.1. The molecule has 3 aromatic heterocycles. The van der Waals surface area contributed by atoms with Gasteiger partial charge in [-0.25, -0.2) is 9.78 Å². The first-order valence-electron chi connectivity index (χ1n) is 9.06. The summed E-state index contributed by atoms with van der Waals surface area (Å²) in [6.07, 6.45) is 6.06. The molecule has 9 nitrogen and oxygen atoms in total. The summed E-state index contributed by atoms with van der Waals surface area (Å²) in [5.41, 5.74) is 0.782. The number of amides is 1. The van der Waals surface area contributed by atoms with Gasteiger partial charge in [-0.3, -0.25) is 9.48 Å². The maximum atomic E-state index is 12.7. The van der Waals surface area contributed by atoms with Gasteiger partial charge in [-0.05, 0) is 31.9 Å². The molecule has 0 radical (unpaired) electrons. The van der Waals surface area contributed by atoms with Gasteiger partial charge in [-0.2, -0.15) is 5.10 Å². The zero-order valence-electron chi connectivity index (χ0n) is 15.4. The number of carbonyl (C=O) groups is 2. The summed E-state index contributed by atoms with van der Waals surface area (Å²) in [5, 5.41) is 13.1. The summed E-state index contributed by atoms with van der Waals surface area (Å²) in [6.45, 7) is 2.97. The van der Waals surface area contributed by atoms with E-state index in [-0.39, 0.29) is 23.9 Å². The van der Waals surface area contributed by atoms with Crippen LogP contribution in [0.15, 0.2) is 39.6 Å². The van der Waals surface area contributed by atoms with Crippen LogP contribution in [0.1, 0.15) is 40.7 Å². The van der Waals surface area contributed by atoms with Gasteiger partial charge in [0.05, 0.1) is 36.2 Å². The van der Waals surface area contributed by atoms with Gasteiger partial charge in [-0.1, -0.05) is 0 Å². The SMILES string of the molecule is Cc1oc(-c2ccco2)nc1CC(=O)N1CCC(n2cc(C(=O)O)cn2)CC1. The van der Waals surface area contributed by atoms with Gasteiger partial charge in [0.15, 0.2) is 5.76 Å². The molecule has 1 fully saturated rings. The molecule has 4 heterocycles. The molecule has 9 heteroatoms. The number of hydrogen-bond donors (Lipinski definition) is 1. The first-order valence-corrected chi connectivity index (χ1v) is 9.06. The van der Waals surface area contributed by atoms with Crippen molar-refractivity contribution >= 4 is 11.9 Å². The van der Waals surface area contributed by atoms with Crippen LogP contribution in [0.5, 0.6) is 0 Å². The summed E-state index contributed by atoms with van der Waals surface area (Å²) in [5.74, 6) is 0.509. The predicted molar refractivity (Wildman–Crippen MR) is 96.7 cm³/mol. The van der Waals surface area contributed by atoms with Gasteiger partial charge in [-0.15, -0.1) is 0 Å². The van der Waals surface area contributed by atoms with Crippen molar-refractivity contribution in [1.29, 1.82) is 0 Å². The van der Waals surface area contributed by atoms with Crippen molar-refractivity contribution in [2.45, 2.75) is 32.2 Å². The summed E-state index contributed by atoms with van der Waals surface area (Å²) in [7, 11) is 0. The van der Waals surface area contributed by atoms with Crippen molar-refractivity contribution in [3.8, 4) is 11.7 Å². The van der Waals surface area contributed by atoms with Crippen molar-refractivity contribution in [3.63, 3.8) is 0 Å². The number of carbonyl (C=O) groups excluding carboxylic acids is 1. The standard InChI is InChI=1S/C19H20N4O5/c1-12-15(21-18(28-12)16-3-2-8-27-16)9-17(24)22-6-4-14(5-7-22)23-11-13(10-20-23)19(25)26/h2-3,8,10-11,14H,4-7,9H2,1H3,(H,25,26). The summed E-state index contributed by atoms with van der Waals surface area (Å²) in [6, 6.07) is 3.60. The lowest BCUT2D eigenvalue weighted by Gasteiger charge is -2.32. The number of aryl methyl sites for hydroxylation is 1. The maximum Gasteiger partial charge on any atom is 0.338 e. The molecule has 0 aliphatic carbocycles. The average molecular weight is 384 g/mol. The molecule has 0 spiro atoms. The molecule has 0 atom stereocenters.